The Kier molecular flexibility index (Phi) is 7.18. The maximum absolute atomic E-state index is 12.1. The summed E-state index contributed by atoms with van der Waals surface area (Å²) in [6.45, 7) is 0. The van der Waals surface area contributed by atoms with E-state index in [9.17, 15) is 4.79 Å². The Morgan fingerprint density at radius 3 is 1.25 bits per heavy atom. The van der Waals surface area contributed by atoms with Crippen molar-refractivity contribution in [2.45, 2.75) is 0 Å². The molecule has 11 nitrogen and oxygen atoms in total. The Labute approximate surface area is 136 Å². The number of nitrogens with two attached hydrogens (primary N) is 9. The minimum atomic E-state index is -1.21. The molecule has 0 atom stereocenters. The zero-order chi connectivity index (χ0) is 16.0. The molecule has 0 aromatic heterocycles. The molecule has 0 unspecified atom stereocenters. The molecule has 13 heteroatoms. The van der Waals surface area contributed by atoms with Crippen LogP contribution in [0.2, 0.25) is 0 Å². The quantitative estimate of drug-likeness (QED) is 0.0728. The third kappa shape index (κ3) is 5.55. The second-order valence-corrected chi connectivity index (χ2v) is 10.2. The number of hydrogen-bond donors (Lipinski definition) is 9. The summed E-state index contributed by atoms with van der Waals surface area (Å²) in [7, 11) is 0. The molecular weight excluding hydrogens is 494 g/mol. The Bertz CT molecular complexity index is 446. The zero-order valence-electron chi connectivity index (χ0n) is 10.3. The van der Waals surface area contributed by atoms with Crippen molar-refractivity contribution in [2.75, 3.05) is 0 Å². The van der Waals surface area contributed by atoms with Gasteiger partial charge in [-0.3, -0.25) is 0 Å². The fraction of sp³-hybridized carbons (Fsp3) is 0. The standard InChI is InChI=1S/C7H18I2N10O/c10-1(4(13)14)7(20)19(8-2(11)5(15)16)9-3(12)6(17)18/h10-18H2/q-2. The summed E-state index contributed by atoms with van der Waals surface area (Å²) >= 11 is -2.43. The number of nitrogens with zero attached hydrogens (tertiary/aromatic N) is 1. The van der Waals surface area contributed by atoms with Crippen LogP contribution in [-0.4, -0.2) is 7.23 Å². The molecule has 0 aromatic carbocycles. The molecule has 18 N–H and O–H groups in total. The van der Waals surface area contributed by atoms with Gasteiger partial charge in [-0.1, -0.05) is 0 Å². The summed E-state index contributed by atoms with van der Waals surface area (Å²) < 4.78 is 1.68. The van der Waals surface area contributed by atoms with Gasteiger partial charge >= 0.3 is 137 Å². The molecule has 0 rings (SSSR count). The topological polar surface area (TPSA) is 254 Å². The van der Waals surface area contributed by atoms with Crippen molar-refractivity contribution in [3.63, 3.8) is 0 Å². The van der Waals surface area contributed by atoms with Crippen LogP contribution in [0.4, 0.5) is 0 Å². The van der Waals surface area contributed by atoms with Crippen molar-refractivity contribution in [3.05, 3.63) is 30.6 Å². The molecule has 0 saturated carbocycles. The third-order valence-corrected chi connectivity index (χ3v) is 8.03. The molecule has 0 aromatic rings. The van der Waals surface area contributed by atoms with Crippen molar-refractivity contribution in [1.29, 1.82) is 0 Å². The number of hydrogen-bond acceptors (Lipinski definition) is 10. The molecule has 0 aliphatic rings. The second-order valence-electron chi connectivity index (χ2n) is 3.18. The predicted octanol–water partition coefficient (Wildman–Crippen LogP) is -11.1. The average molecular weight is 512 g/mol. The normalized spacial score (nSPS) is 9.80. The first-order chi connectivity index (χ1) is 9.07. The van der Waals surface area contributed by atoms with E-state index in [0.29, 0.717) is 0 Å². The van der Waals surface area contributed by atoms with Gasteiger partial charge in [0.05, 0.1) is 0 Å². The number of carbonyl (C=O) groups is 1. The van der Waals surface area contributed by atoms with E-state index in [4.69, 9.17) is 51.6 Å². The Hall–Kier alpha value is -1.65. The number of amides is 1. The van der Waals surface area contributed by atoms with Gasteiger partial charge in [0, 0.05) is 0 Å². The van der Waals surface area contributed by atoms with Gasteiger partial charge in [0.2, 0.25) is 0 Å². The van der Waals surface area contributed by atoms with E-state index in [2.05, 4.69) is 0 Å². The summed E-state index contributed by atoms with van der Waals surface area (Å²) in [5, 5.41) is 0. The predicted molar refractivity (Wildman–Crippen MR) is 65.6 cm³/mol. The van der Waals surface area contributed by atoms with Crippen molar-refractivity contribution < 1.29 is 47.8 Å². The van der Waals surface area contributed by atoms with Crippen LogP contribution in [-0.2, 0) is 4.79 Å². The molecule has 1 amide bonds. The van der Waals surface area contributed by atoms with Crippen LogP contribution in [0.1, 0.15) is 0 Å². The van der Waals surface area contributed by atoms with E-state index in [-0.39, 0.29) is 30.6 Å². The van der Waals surface area contributed by atoms with E-state index >= 15 is 0 Å². The van der Waals surface area contributed by atoms with Crippen molar-refractivity contribution >= 4 is 5.91 Å². The first-order valence-electron chi connectivity index (χ1n) is 4.74. The Morgan fingerprint density at radius 1 is 0.650 bits per heavy atom. The molecule has 0 fully saturated rings. The van der Waals surface area contributed by atoms with Crippen LogP contribution in [0.3, 0.4) is 0 Å². The molecule has 0 spiro atoms. The SMILES string of the molecule is NC(N)=C(N)[I-]N([I-]C(N)=C(N)N)C(=O)C(N)=C(N)N. The maximum atomic E-state index is 12.1. The van der Waals surface area contributed by atoms with Crippen LogP contribution in [0.15, 0.2) is 30.6 Å². The molecule has 0 radical (unpaired) electrons. The van der Waals surface area contributed by atoms with E-state index in [0.717, 1.165) is 0 Å². The van der Waals surface area contributed by atoms with Gasteiger partial charge in [0.25, 0.3) is 0 Å². The third-order valence-electron chi connectivity index (χ3n) is 1.58. The summed E-state index contributed by atoms with van der Waals surface area (Å²) in [4.78, 5) is 12.1. The average Bonchev–Trinajstić information content (AvgIpc) is 2.35. The minimum absolute atomic E-state index is 0.0776. The number of halogens is 2. The fourth-order valence-electron chi connectivity index (χ4n) is 0.565. The van der Waals surface area contributed by atoms with Gasteiger partial charge in [-0.25, -0.2) is 0 Å². The first-order valence-corrected chi connectivity index (χ1v) is 8.83. The van der Waals surface area contributed by atoms with Gasteiger partial charge in [0.15, 0.2) is 0 Å². The summed E-state index contributed by atoms with van der Waals surface area (Å²) in [6, 6.07) is 0. The zero-order valence-corrected chi connectivity index (χ0v) is 14.6. The Balaban J connectivity index is 5.39. The van der Waals surface area contributed by atoms with Crippen LogP contribution in [0, 0.1) is 0 Å². The van der Waals surface area contributed by atoms with Crippen molar-refractivity contribution in [1.82, 2.24) is 1.33 Å². The molecule has 0 aliphatic heterocycles. The van der Waals surface area contributed by atoms with Gasteiger partial charge < -0.3 is 0 Å². The molecule has 0 heterocycles. The molecule has 20 heavy (non-hydrogen) atoms. The molecule has 0 bridgehead atoms. The monoisotopic (exact) mass is 512 g/mol. The molecule has 0 saturated heterocycles. The Morgan fingerprint density at radius 2 is 1.00 bits per heavy atom. The van der Waals surface area contributed by atoms with Crippen LogP contribution >= 0.6 is 0 Å². The van der Waals surface area contributed by atoms with Crippen molar-refractivity contribution in [2.24, 2.45) is 51.6 Å². The van der Waals surface area contributed by atoms with Gasteiger partial charge in [-0.15, -0.1) is 0 Å². The van der Waals surface area contributed by atoms with Crippen LogP contribution < -0.4 is 94.6 Å². The second kappa shape index (κ2) is 7.82. The van der Waals surface area contributed by atoms with Crippen molar-refractivity contribution in [3.8, 4) is 0 Å². The summed E-state index contributed by atoms with van der Waals surface area (Å²) in [6.07, 6.45) is 0. The first kappa shape index (κ1) is 18.4. The fourth-order valence-corrected chi connectivity index (χ4v) is 6.33. The molecular formula is C7H18I2N10O-2. The summed E-state index contributed by atoms with van der Waals surface area (Å²) in [5.74, 6) is -1.07. The molecule has 118 valence electrons. The van der Waals surface area contributed by atoms with E-state index in [1.54, 1.807) is 0 Å². The van der Waals surface area contributed by atoms with Crippen LogP contribution in [0.25, 0.3) is 0 Å². The van der Waals surface area contributed by atoms with E-state index < -0.39 is 48.9 Å². The van der Waals surface area contributed by atoms with Gasteiger partial charge in [-0.05, 0) is 0 Å². The van der Waals surface area contributed by atoms with Crippen LogP contribution in [0.5, 0.6) is 0 Å². The summed E-state index contributed by atoms with van der Waals surface area (Å²) in [5.41, 5.74) is 48.5. The number of rotatable bonds is 5. The van der Waals surface area contributed by atoms with E-state index in [1.807, 2.05) is 0 Å². The molecule has 0 aliphatic carbocycles. The number of carbonyl (C=O) groups excluding carboxylic acids is 1. The van der Waals surface area contributed by atoms with E-state index in [1.165, 1.54) is 1.33 Å². The van der Waals surface area contributed by atoms with Gasteiger partial charge in [0.1, 0.15) is 0 Å². The van der Waals surface area contributed by atoms with Gasteiger partial charge in [-0.2, -0.15) is 0 Å².